The van der Waals surface area contributed by atoms with E-state index in [0.717, 1.165) is 25.9 Å². The van der Waals surface area contributed by atoms with E-state index in [4.69, 9.17) is 15.3 Å². The van der Waals surface area contributed by atoms with E-state index in [-0.39, 0.29) is 5.91 Å². The summed E-state index contributed by atoms with van der Waals surface area (Å²) in [6.07, 6.45) is 2.03. The van der Waals surface area contributed by atoms with E-state index in [1.54, 1.807) is 11.8 Å². The van der Waals surface area contributed by atoms with Crippen LogP contribution in [0.4, 0.5) is 0 Å². The van der Waals surface area contributed by atoms with Gasteiger partial charge in [0.1, 0.15) is 0 Å². The van der Waals surface area contributed by atoms with Crippen molar-refractivity contribution >= 4 is 5.91 Å². The average Bonchev–Trinajstić information content (AvgIpc) is 2.88. The van der Waals surface area contributed by atoms with Gasteiger partial charge in [0.2, 0.25) is 5.91 Å². The number of hydrogen-bond donors (Lipinski definition) is 4. The zero-order valence-electron chi connectivity index (χ0n) is 10.2. The van der Waals surface area contributed by atoms with Crippen LogP contribution in [0.15, 0.2) is 0 Å². The summed E-state index contributed by atoms with van der Waals surface area (Å²) in [4.78, 5) is 13.7. The first-order chi connectivity index (χ1) is 8.08. The van der Waals surface area contributed by atoms with Gasteiger partial charge >= 0.3 is 0 Å². The van der Waals surface area contributed by atoms with Gasteiger partial charge in [0.05, 0.1) is 31.4 Å². The second kappa shape index (κ2) is 6.30. The summed E-state index contributed by atoms with van der Waals surface area (Å²) >= 11 is 0. The summed E-state index contributed by atoms with van der Waals surface area (Å²) in [6.45, 7) is 1.94. The summed E-state index contributed by atoms with van der Waals surface area (Å²) in [5.74, 6) is -0.0535. The molecule has 6 heteroatoms. The predicted octanol–water partition coefficient (Wildman–Crippen LogP) is -1.70. The van der Waals surface area contributed by atoms with Crippen LogP contribution in [0.2, 0.25) is 0 Å². The zero-order chi connectivity index (χ0) is 12.9. The van der Waals surface area contributed by atoms with Gasteiger partial charge in [-0.25, -0.2) is 0 Å². The number of carbonyl (C=O) groups is 1. The lowest BCUT2D eigenvalue weighted by Crippen LogP contribution is -2.61. The fraction of sp³-hybridized carbons (Fsp3) is 0.909. The summed E-state index contributed by atoms with van der Waals surface area (Å²) in [5, 5.41) is 30.3. The molecule has 1 unspecified atom stereocenters. The number of nitrogens with one attached hydrogen (secondary N) is 1. The van der Waals surface area contributed by atoms with Crippen LogP contribution in [0.5, 0.6) is 0 Å². The minimum atomic E-state index is -1.20. The number of nitrogens with zero attached hydrogens (tertiary/aromatic N) is 1. The fourth-order valence-corrected chi connectivity index (χ4v) is 2.02. The molecule has 1 saturated heterocycles. The van der Waals surface area contributed by atoms with Crippen LogP contribution in [0, 0.1) is 0 Å². The monoisotopic (exact) mass is 246 g/mol. The highest BCUT2D eigenvalue weighted by molar-refractivity contribution is 5.81. The third kappa shape index (κ3) is 3.38. The van der Waals surface area contributed by atoms with Crippen LogP contribution in [0.25, 0.3) is 0 Å². The summed E-state index contributed by atoms with van der Waals surface area (Å²) < 4.78 is 0. The maximum Gasteiger partial charge on any atom is 0.239 e. The molecule has 0 aromatic heterocycles. The van der Waals surface area contributed by atoms with Crippen LogP contribution in [-0.2, 0) is 4.79 Å². The van der Waals surface area contributed by atoms with Crippen molar-refractivity contribution in [3.63, 3.8) is 0 Å². The smallest absolute Gasteiger partial charge is 0.239 e. The highest BCUT2D eigenvalue weighted by atomic mass is 16.3. The van der Waals surface area contributed by atoms with Gasteiger partial charge in [0.15, 0.2) is 0 Å². The lowest BCUT2D eigenvalue weighted by Gasteiger charge is -2.33. The minimum Gasteiger partial charge on any atom is -0.394 e. The lowest BCUT2D eigenvalue weighted by molar-refractivity contribution is -0.133. The second-order valence-electron chi connectivity index (χ2n) is 4.65. The van der Waals surface area contributed by atoms with Gasteiger partial charge in [-0.05, 0) is 19.8 Å². The van der Waals surface area contributed by atoms with Crippen molar-refractivity contribution in [2.75, 3.05) is 32.9 Å². The number of hydrogen-bond acceptors (Lipinski definition) is 5. The van der Waals surface area contributed by atoms with Gasteiger partial charge in [-0.2, -0.15) is 0 Å². The Balaban J connectivity index is 2.56. The maximum atomic E-state index is 12.0. The Morgan fingerprint density at radius 2 is 1.71 bits per heavy atom. The number of aliphatic hydroxyl groups excluding tert-OH is 3. The maximum absolute atomic E-state index is 12.0. The van der Waals surface area contributed by atoms with Gasteiger partial charge < -0.3 is 20.2 Å². The molecule has 1 rings (SSSR count). The predicted molar refractivity (Wildman–Crippen MR) is 62.4 cm³/mol. The molecule has 6 nitrogen and oxygen atoms in total. The molecule has 4 N–H and O–H groups in total. The molecule has 1 aliphatic heterocycles. The molecule has 0 bridgehead atoms. The van der Waals surface area contributed by atoms with Crippen LogP contribution in [0.1, 0.15) is 19.8 Å². The number of rotatable bonds is 6. The van der Waals surface area contributed by atoms with Gasteiger partial charge in [-0.15, -0.1) is 0 Å². The number of amides is 1. The standard InChI is InChI=1S/C11H22N2O4/c1-9(10(17)13-4-2-3-5-13)12-11(6-14,7-15)8-16/h9,12,14-16H,2-8H2,1H3. The van der Waals surface area contributed by atoms with Crippen molar-refractivity contribution < 1.29 is 20.1 Å². The van der Waals surface area contributed by atoms with Crippen LogP contribution in [0.3, 0.4) is 0 Å². The average molecular weight is 246 g/mol. The molecule has 0 aromatic carbocycles. The molecule has 1 aliphatic rings. The molecule has 1 atom stereocenters. The molecular weight excluding hydrogens is 224 g/mol. The van der Waals surface area contributed by atoms with Gasteiger partial charge in [0.25, 0.3) is 0 Å². The molecule has 100 valence electrons. The Labute approximate surface area is 101 Å². The minimum absolute atomic E-state index is 0.0535. The molecule has 0 aromatic rings. The first kappa shape index (κ1) is 14.4. The van der Waals surface area contributed by atoms with E-state index >= 15 is 0 Å². The third-order valence-corrected chi connectivity index (χ3v) is 3.22. The normalized spacial score (nSPS) is 18.5. The van der Waals surface area contributed by atoms with E-state index in [1.165, 1.54) is 0 Å². The Kier molecular flexibility index (Phi) is 5.32. The highest BCUT2D eigenvalue weighted by Crippen LogP contribution is 2.11. The van der Waals surface area contributed by atoms with Crippen molar-refractivity contribution in [3.8, 4) is 0 Å². The molecule has 0 spiro atoms. The molecule has 0 radical (unpaired) electrons. The van der Waals surface area contributed by atoms with Crippen LogP contribution in [-0.4, -0.2) is 70.6 Å². The van der Waals surface area contributed by atoms with E-state index < -0.39 is 31.4 Å². The Hall–Kier alpha value is -0.690. The van der Waals surface area contributed by atoms with Gasteiger partial charge in [0, 0.05) is 13.1 Å². The molecule has 0 aliphatic carbocycles. The Morgan fingerprint density at radius 3 is 2.12 bits per heavy atom. The molecule has 17 heavy (non-hydrogen) atoms. The van der Waals surface area contributed by atoms with Crippen molar-refractivity contribution in [2.45, 2.75) is 31.3 Å². The van der Waals surface area contributed by atoms with Gasteiger partial charge in [-0.3, -0.25) is 10.1 Å². The van der Waals surface area contributed by atoms with Crippen LogP contribution < -0.4 is 5.32 Å². The summed E-state index contributed by atoms with van der Waals surface area (Å²) in [7, 11) is 0. The lowest BCUT2D eigenvalue weighted by atomic mass is 10.0. The molecule has 0 saturated carbocycles. The molecule has 1 heterocycles. The summed E-state index contributed by atoms with van der Waals surface area (Å²) in [5.41, 5.74) is -1.20. The molecular formula is C11H22N2O4. The van der Waals surface area contributed by atoms with E-state index in [2.05, 4.69) is 5.32 Å². The van der Waals surface area contributed by atoms with Crippen molar-refractivity contribution in [1.29, 1.82) is 0 Å². The second-order valence-corrected chi connectivity index (χ2v) is 4.65. The number of aliphatic hydroxyl groups is 3. The van der Waals surface area contributed by atoms with E-state index in [9.17, 15) is 4.79 Å². The third-order valence-electron chi connectivity index (χ3n) is 3.22. The van der Waals surface area contributed by atoms with Crippen molar-refractivity contribution in [1.82, 2.24) is 10.2 Å². The molecule has 1 amide bonds. The SMILES string of the molecule is CC(NC(CO)(CO)CO)C(=O)N1CCCC1. The van der Waals surface area contributed by atoms with Crippen molar-refractivity contribution in [2.24, 2.45) is 0 Å². The fourth-order valence-electron chi connectivity index (χ4n) is 2.02. The summed E-state index contributed by atoms with van der Waals surface area (Å²) in [6, 6.07) is -0.528. The quantitative estimate of drug-likeness (QED) is 0.448. The van der Waals surface area contributed by atoms with E-state index in [0.29, 0.717) is 0 Å². The van der Waals surface area contributed by atoms with Crippen molar-refractivity contribution in [3.05, 3.63) is 0 Å². The van der Waals surface area contributed by atoms with E-state index in [1.807, 2.05) is 0 Å². The number of carbonyl (C=O) groups excluding carboxylic acids is 1. The first-order valence-corrected chi connectivity index (χ1v) is 5.97. The van der Waals surface area contributed by atoms with Crippen LogP contribution >= 0.6 is 0 Å². The Bertz CT molecular complexity index is 242. The number of likely N-dealkylation sites (tertiary alicyclic amines) is 1. The largest absolute Gasteiger partial charge is 0.394 e. The molecule has 1 fully saturated rings. The first-order valence-electron chi connectivity index (χ1n) is 5.97. The zero-order valence-corrected chi connectivity index (χ0v) is 10.2. The van der Waals surface area contributed by atoms with Gasteiger partial charge in [-0.1, -0.05) is 0 Å². The highest BCUT2D eigenvalue weighted by Gasteiger charge is 2.33. The topological polar surface area (TPSA) is 93.0 Å². The Morgan fingerprint density at radius 1 is 1.24 bits per heavy atom.